The number of nitrogens with one attached hydrogen (secondary N) is 8. The molecule has 0 aliphatic carbocycles. The van der Waals surface area contributed by atoms with Crippen LogP contribution < -0.4 is 48.3 Å². The largest absolute Gasteiger partial charge is 0.508 e. The molecule has 8 rings (SSSR count). The van der Waals surface area contributed by atoms with E-state index in [1.807, 2.05) is 0 Å². The van der Waals surface area contributed by atoms with Crippen molar-refractivity contribution in [3.63, 3.8) is 0 Å². The average molecular weight is 1090 g/mol. The van der Waals surface area contributed by atoms with Crippen LogP contribution in [0.4, 0.5) is 45.5 Å². The standard InChI is InChI=1S/C59H45N9O13/c1-61-51(72)33-16-34(53(74)64-44-9-4-11-46(28-44)66-56(77)37-19-36(21-40(22-37)59(80)81)55(76)62-42-7-2-6-41(60)26-42)18-35(17-33)54(75)65-45-10-5-13-48(29-45)68-58(79)39-20-38(24-50(71)25-39)57(78)67-47-12-3-8-43(27-47)63-52(73)32-14-31(30-69)15-49(70)23-32/h2-30,70-71H,60H2,1H3,(H,61,72)(H,62,76)(H,63,73)(H,64,74)(H,65,75)(H,66,77)(H,67,78)(H,68,79)(H,80,81). The fraction of sp³-hybridized carbons (Fsp3) is 0.0169. The summed E-state index contributed by atoms with van der Waals surface area (Å²) >= 11 is 0. The predicted octanol–water partition coefficient (Wildman–Crippen LogP) is 8.32. The Balaban J connectivity index is 0.913. The maximum atomic E-state index is 13.8. The number of aromatic hydroxyl groups is 2. The number of hydrogen-bond acceptors (Lipinski definition) is 13. The molecular weight excluding hydrogens is 1040 g/mol. The number of nitrogens with two attached hydrogens (primary N) is 1. The number of nitrogen functional groups attached to an aromatic ring is 1. The molecule has 0 saturated heterocycles. The van der Waals surface area contributed by atoms with Gasteiger partial charge >= 0.3 is 5.97 Å². The smallest absolute Gasteiger partial charge is 0.335 e. The molecule has 0 radical (unpaired) electrons. The molecule has 0 saturated carbocycles. The molecule has 0 atom stereocenters. The highest BCUT2D eigenvalue weighted by atomic mass is 16.4. The van der Waals surface area contributed by atoms with Crippen molar-refractivity contribution < 1.29 is 63.3 Å². The second kappa shape index (κ2) is 24.4. The van der Waals surface area contributed by atoms with Gasteiger partial charge in [0.05, 0.1) is 5.56 Å². The van der Waals surface area contributed by atoms with Crippen LogP contribution >= 0.6 is 0 Å². The van der Waals surface area contributed by atoms with Crippen LogP contribution in [0.3, 0.4) is 0 Å². The second-order valence-corrected chi connectivity index (χ2v) is 17.7. The minimum absolute atomic E-state index is 0.0107. The Hall–Kier alpha value is -11.9. The lowest BCUT2D eigenvalue weighted by molar-refractivity contribution is 0.0695. The normalized spacial score (nSPS) is 10.5. The molecule has 0 fully saturated rings. The Morgan fingerprint density at radius 2 is 0.605 bits per heavy atom. The SMILES string of the molecule is CNC(=O)c1cc(C(=O)Nc2cccc(NC(=O)c3cc(O)cc(C(=O)Nc4cccc(NC(=O)c5cc(O)cc(C=O)c5)c4)c3)c2)cc(C(=O)Nc2cccc(NC(=O)c3cc(C(=O)O)cc(C(=O)Nc4cccc(N)c4)c3)c2)c1. The summed E-state index contributed by atoms with van der Waals surface area (Å²) in [6, 6.07) is 38.5. The molecule has 8 amide bonds. The van der Waals surface area contributed by atoms with E-state index in [0.717, 1.165) is 24.3 Å². The van der Waals surface area contributed by atoms with Gasteiger partial charge in [0.25, 0.3) is 47.3 Å². The third kappa shape index (κ3) is 14.3. The van der Waals surface area contributed by atoms with Crippen LogP contribution in [0.25, 0.3) is 0 Å². The number of amides is 8. The van der Waals surface area contributed by atoms with Gasteiger partial charge in [0, 0.05) is 103 Å². The van der Waals surface area contributed by atoms with Gasteiger partial charge in [-0.3, -0.25) is 43.2 Å². The van der Waals surface area contributed by atoms with Crippen LogP contribution in [-0.4, -0.2) is 81.9 Å². The van der Waals surface area contributed by atoms with Crippen molar-refractivity contribution in [1.29, 1.82) is 0 Å². The van der Waals surface area contributed by atoms with E-state index in [0.29, 0.717) is 17.7 Å². The number of benzene rings is 8. The van der Waals surface area contributed by atoms with Crippen molar-refractivity contribution in [2.75, 3.05) is 50.0 Å². The van der Waals surface area contributed by atoms with Gasteiger partial charge < -0.3 is 63.6 Å². The van der Waals surface area contributed by atoms with Crippen LogP contribution in [0.2, 0.25) is 0 Å². The van der Waals surface area contributed by atoms with Crippen LogP contribution in [0.1, 0.15) is 104 Å². The van der Waals surface area contributed by atoms with Crippen molar-refractivity contribution in [2.45, 2.75) is 0 Å². The summed E-state index contributed by atoms with van der Waals surface area (Å²) in [7, 11) is 1.36. The van der Waals surface area contributed by atoms with Gasteiger partial charge in [-0.2, -0.15) is 0 Å². The number of anilines is 8. The minimum Gasteiger partial charge on any atom is -0.508 e. The third-order valence-corrected chi connectivity index (χ3v) is 11.7. The monoisotopic (exact) mass is 1090 g/mol. The maximum Gasteiger partial charge on any atom is 0.335 e. The first kappa shape index (κ1) is 55.3. The van der Waals surface area contributed by atoms with E-state index in [1.165, 1.54) is 128 Å². The first-order valence-corrected chi connectivity index (χ1v) is 24.0. The summed E-state index contributed by atoms with van der Waals surface area (Å²) < 4.78 is 0. The summed E-state index contributed by atoms with van der Waals surface area (Å²) in [6.45, 7) is 0. The van der Waals surface area contributed by atoms with E-state index in [9.17, 15) is 63.3 Å². The first-order chi connectivity index (χ1) is 38.8. The summed E-state index contributed by atoms with van der Waals surface area (Å²) in [5.41, 5.74) is 6.60. The van der Waals surface area contributed by atoms with Crippen LogP contribution in [0.5, 0.6) is 11.5 Å². The number of carboxylic acid groups (broad SMARTS) is 1. The first-order valence-electron chi connectivity index (χ1n) is 24.0. The Bertz CT molecular complexity index is 3920. The highest BCUT2D eigenvalue weighted by Crippen LogP contribution is 2.26. The zero-order chi connectivity index (χ0) is 57.9. The number of rotatable bonds is 17. The number of hydrogen-bond donors (Lipinski definition) is 12. The molecule has 404 valence electrons. The average Bonchev–Trinajstić information content (AvgIpc) is 3.45. The molecule has 81 heavy (non-hydrogen) atoms. The van der Waals surface area contributed by atoms with Gasteiger partial charge in [-0.25, -0.2) is 4.79 Å². The molecular formula is C59H45N9O13. The lowest BCUT2D eigenvalue weighted by Crippen LogP contribution is -2.22. The zero-order valence-electron chi connectivity index (χ0n) is 42.2. The summed E-state index contributed by atoms with van der Waals surface area (Å²) in [6.07, 6.45) is 0.481. The molecule has 0 unspecified atom stereocenters. The van der Waals surface area contributed by atoms with Gasteiger partial charge in [0.15, 0.2) is 0 Å². The van der Waals surface area contributed by atoms with E-state index >= 15 is 0 Å². The van der Waals surface area contributed by atoms with Crippen molar-refractivity contribution in [2.24, 2.45) is 0 Å². The number of carbonyl (C=O) groups excluding carboxylic acids is 9. The topological polar surface area (TPSA) is 354 Å². The molecule has 0 aliphatic rings. The Morgan fingerprint density at radius 1 is 0.346 bits per heavy atom. The van der Waals surface area contributed by atoms with E-state index in [2.05, 4.69) is 42.5 Å². The molecule has 0 aromatic heterocycles. The molecule has 22 nitrogen and oxygen atoms in total. The van der Waals surface area contributed by atoms with E-state index in [4.69, 9.17) is 5.73 Å². The van der Waals surface area contributed by atoms with E-state index < -0.39 is 59.0 Å². The Morgan fingerprint density at radius 3 is 0.901 bits per heavy atom. The Kier molecular flexibility index (Phi) is 16.6. The number of phenolic OH excluding ortho intramolecular Hbond substituents is 2. The van der Waals surface area contributed by atoms with Crippen LogP contribution in [-0.2, 0) is 0 Å². The second-order valence-electron chi connectivity index (χ2n) is 17.7. The predicted molar refractivity (Wildman–Crippen MR) is 301 cm³/mol. The lowest BCUT2D eigenvalue weighted by Gasteiger charge is -2.13. The summed E-state index contributed by atoms with van der Waals surface area (Å²) in [5.74, 6) is -7.86. The Labute approximate surface area is 459 Å². The zero-order valence-corrected chi connectivity index (χ0v) is 42.2. The number of carboxylic acids is 1. The molecule has 8 aromatic rings. The molecule has 0 bridgehead atoms. The number of carbonyl (C=O) groups is 10. The maximum absolute atomic E-state index is 13.8. The van der Waals surface area contributed by atoms with Gasteiger partial charge in [-0.15, -0.1) is 0 Å². The molecule has 8 aromatic carbocycles. The fourth-order valence-electron chi connectivity index (χ4n) is 7.95. The summed E-state index contributed by atoms with van der Waals surface area (Å²) in [5, 5.41) is 51.2. The molecule has 13 N–H and O–H groups in total. The number of phenols is 2. The summed E-state index contributed by atoms with van der Waals surface area (Å²) in [4.78, 5) is 130. The van der Waals surface area contributed by atoms with Crippen molar-refractivity contribution in [1.82, 2.24) is 5.32 Å². The number of aldehydes is 1. The number of aromatic carboxylic acids is 1. The van der Waals surface area contributed by atoms with Gasteiger partial charge in [0.2, 0.25) is 0 Å². The molecule has 0 spiro atoms. The lowest BCUT2D eigenvalue weighted by atomic mass is 10.0. The van der Waals surface area contributed by atoms with Crippen molar-refractivity contribution >= 4 is 105 Å². The van der Waals surface area contributed by atoms with E-state index in [-0.39, 0.29) is 95.5 Å². The molecule has 0 aliphatic heterocycles. The van der Waals surface area contributed by atoms with Crippen molar-refractivity contribution in [3.05, 3.63) is 225 Å². The van der Waals surface area contributed by atoms with Crippen LogP contribution in [0.15, 0.2) is 170 Å². The minimum atomic E-state index is -1.39. The quantitative estimate of drug-likeness (QED) is 0.0301. The fourth-order valence-corrected chi connectivity index (χ4v) is 7.95. The van der Waals surface area contributed by atoms with Gasteiger partial charge in [-0.1, -0.05) is 24.3 Å². The third-order valence-electron chi connectivity index (χ3n) is 11.7. The van der Waals surface area contributed by atoms with Gasteiger partial charge in [0.1, 0.15) is 17.8 Å². The van der Waals surface area contributed by atoms with E-state index in [1.54, 1.807) is 24.3 Å². The molecule has 0 heterocycles. The highest BCUT2D eigenvalue weighted by Gasteiger charge is 2.21. The highest BCUT2D eigenvalue weighted by molar-refractivity contribution is 6.14. The van der Waals surface area contributed by atoms with Crippen LogP contribution in [0, 0.1) is 0 Å². The molecule has 22 heteroatoms. The van der Waals surface area contributed by atoms with Crippen molar-refractivity contribution in [3.8, 4) is 11.5 Å². The van der Waals surface area contributed by atoms with Gasteiger partial charge in [-0.05, 0) is 146 Å².